The van der Waals surface area contributed by atoms with Gasteiger partial charge in [-0.2, -0.15) is 8.78 Å². The third-order valence-corrected chi connectivity index (χ3v) is 2.37. The molecule has 0 heterocycles. The number of methoxy groups -OCH3 is 2. The van der Waals surface area contributed by atoms with E-state index in [9.17, 15) is 8.78 Å². The summed E-state index contributed by atoms with van der Waals surface area (Å²) in [5.74, 6) is -2.68. The Morgan fingerprint density at radius 3 is 1.94 bits per heavy atom. The van der Waals surface area contributed by atoms with Crippen molar-refractivity contribution in [3.05, 3.63) is 23.3 Å². The second-order valence-corrected chi connectivity index (χ2v) is 3.37. The minimum atomic E-state index is -3.30. The van der Waals surface area contributed by atoms with Gasteiger partial charge in [-0.1, -0.05) is 0 Å². The van der Waals surface area contributed by atoms with Gasteiger partial charge in [-0.3, -0.25) is 0 Å². The van der Waals surface area contributed by atoms with Crippen molar-refractivity contribution in [2.75, 3.05) is 20.8 Å². The maximum atomic E-state index is 13.3. The SMILES string of the molecule is COc1cc(C(F)(F)CO)cc(OC)c1C. The standard InChI is InChI=1S/C11H14F2O3/c1-7-9(15-2)4-8(5-10(7)16-3)11(12,13)6-14/h4-5,14H,6H2,1-3H3. The van der Waals surface area contributed by atoms with E-state index in [0.29, 0.717) is 17.1 Å². The van der Waals surface area contributed by atoms with E-state index < -0.39 is 12.5 Å². The summed E-state index contributed by atoms with van der Waals surface area (Å²) in [6.07, 6.45) is 0. The fourth-order valence-electron chi connectivity index (χ4n) is 1.39. The van der Waals surface area contributed by atoms with E-state index in [-0.39, 0.29) is 5.56 Å². The van der Waals surface area contributed by atoms with Crippen molar-refractivity contribution < 1.29 is 23.4 Å². The largest absolute Gasteiger partial charge is 0.496 e. The molecule has 0 aromatic heterocycles. The van der Waals surface area contributed by atoms with Crippen molar-refractivity contribution in [1.82, 2.24) is 0 Å². The Morgan fingerprint density at radius 1 is 1.19 bits per heavy atom. The molecule has 0 aliphatic rings. The Kier molecular flexibility index (Phi) is 3.70. The Morgan fingerprint density at radius 2 is 1.62 bits per heavy atom. The summed E-state index contributed by atoms with van der Waals surface area (Å²) in [4.78, 5) is 0. The van der Waals surface area contributed by atoms with Gasteiger partial charge >= 0.3 is 0 Å². The normalized spacial score (nSPS) is 11.4. The minimum absolute atomic E-state index is 0.308. The minimum Gasteiger partial charge on any atom is -0.496 e. The molecule has 0 aliphatic heterocycles. The molecule has 90 valence electrons. The molecule has 1 rings (SSSR count). The summed E-state index contributed by atoms with van der Waals surface area (Å²) < 4.78 is 36.5. The molecular formula is C11H14F2O3. The number of hydrogen-bond acceptors (Lipinski definition) is 3. The van der Waals surface area contributed by atoms with Gasteiger partial charge in [-0.05, 0) is 19.1 Å². The zero-order valence-corrected chi connectivity index (χ0v) is 9.38. The summed E-state index contributed by atoms with van der Waals surface area (Å²) in [6, 6.07) is 2.40. The smallest absolute Gasteiger partial charge is 0.296 e. The van der Waals surface area contributed by atoms with Crippen LogP contribution in [-0.2, 0) is 5.92 Å². The van der Waals surface area contributed by atoms with Gasteiger partial charge in [0.05, 0.1) is 14.2 Å². The molecule has 0 aliphatic carbocycles. The third kappa shape index (κ3) is 2.24. The summed E-state index contributed by atoms with van der Waals surface area (Å²) in [7, 11) is 2.78. The first-order chi connectivity index (χ1) is 7.46. The monoisotopic (exact) mass is 232 g/mol. The average molecular weight is 232 g/mol. The van der Waals surface area contributed by atoms with Crippen molar-refractivity contribution >= 4 is 0 Å². The van der Waals surface area contributed by atoms with Crippen molar-refractivity contribution in [3.63, 3.8) is 0 Å². The number of aliphatic hydroxyl groups excluding tert-OH is 1. The first-order valence-corrected chi connectivity index (χ1v) is 4.68. The van der Waals surface area contributed by atoms with Gasteiger partial charge in [0.15, 0.2) is 0 Å². The fourth-order valence-corrected chi connectivity index (χ4v) is 1.39. The first kappa shape index (κ1) is 12.7. The molecule has 1 N–H and O–H groups in total. The number of rotatable bonds is 4. The van der Waals surface area contributed by atoms with Crippen molar-refractivity contribution in [3.8, 4) is 11.5 Å². The molecule has 0 fully saturated rings. The molecule has 0 amide bonds. The third-order valence-electron chi connectivity index (χ3n) is 2.37. The highest BCUT2D eigenvalue weighted by Crippen LogP contribution is 2.36. The van der Waals surface area contributed by atoms with Gasteiger partial charge in [0.1, 0.15) is 18.1 Å². The Hall–Kier alpha value is -1.36. The summed E-state index contributed by atoms with van der Waals surface area (Å²) in [5, 5.41) is 8.61. The maximum Gasteiger partial charge on any atom is 0.296 e. The average Bonchev–Trinajstić information content (AvgIpc) is 2.29. The molecule has 0 saturated carbocycles. The fraction of sp³-hybridized carbons (Fsp3) is 0.455. The van der Waals surface area contributed by atoms with Gasteiger partial charge in [-0.25, -0.2) is 0 Å². The molecule has 5 heteroatoms. The lowest BCUT2D eigenvalue weighted by Crippen LogP contribution is -2.18. The molecule has 0 atom stereocenters. The topological polar surface area (TPSA) is 38.7 Å². The number of hydrogen-bond donors (Lipinski definition) is 1. The van der Waals surface area contributed by atoms with Gasteiger partial charge in [0.25, 0.3) is 5.92 Å². The van der Waals surface area contributed by atoms with Crippen LogP contribution < -0.4 is 9.47 Å². The molecule has 0 bridgehead atoms. The van der Waals surface area contributed by atoms with Gasteiger partial charge in [0.2, 0.25) is 0 Å². The Bertz CT molecular complexity index is 352. The highest BCUT2D eigenvalue weighted by molar-refractivity contribution is 5.48. The predicted octanol–water partition coefficient (Wildman–Crippen LogP) is 2.10. The van der Waals surface area contributed by atoms with E-state index in [2.05, 4.69) is 0 Å². The number of benzene rings is 1. The first-order valence-electron chi connectivity index (χ1n) is 4.68. The van der Waals surface area contributed by atoms with Gasteiger partial charge in [-0.15, -0.1) is 0 Å². The second kappa shape index (κ2) is 4.65. The molecule has 0 spiro atoms. The molecule has 1 aromatic rings. The molecule has 0 unspecified atom stereocenters. The van der Waals surface area contributed by atoms with Crippen LogP contribution in [0.4, 0.5) is 8.78 Å². The van der Waals surface area contributed by atoms with Crippen LogP contribution in [0.15, 0.2) is 12.1 Å². The van der Waals surface area contributed by atoms with E-state index in [1.54, 1.807) is 6.92 Å². The molecule has 1 aromatic carbocycles. The van der Waals surface area contributed by atoms with Crippen LogP contribution in [0.2, 0.25) is 0 Å². The Labute approximate surface area is 92.6 Å². The Balaban J connectivity index is 3.32. The molecule has 0 saturated heterocycles. The zero-order chi connectivity index (χ0) is 12.3. The molecular weight excluding hydrogens is 218 g/mol. The highest BCUT2D eigenvalue weighted by atomic mass is 19.3. The highest BCUT2D eigenvalue weighted by Gasteiger charge is 2.32. The van der Waals surface area contributed by atoms with E-state index in [1.165, 1.54) is 26.4 Å². The molecule has 16 heavy (non-hydrogen) atoms. The second-order valence-electron chi connectivity index (χ2n) is 3.37. The number of halogens is 2. The lowest BCUT2D eigenvalue weighted by Gasteiger charge is -2.17. The summed E-state index contributed by atoms with van der Waals surface area (Å²) in [5.41, 5.74) is 0.316. The van der Waals surface area contributed by atoms with Crippen molar-refractivity contribution in [2.24, 2.45) is 0 Å². The van der Waals surface area contributed by atoms with Crippen LogP contribution in [0.1, 0.15) is 11.1 Å². The summed E-state index contributed by atoms with van der Waals surface area (Å²) >= 11 is 0. The number of alkyl halides is 2. The van der Waals surface area contributed by atoms with E-state index >= 15 is 0 Å². The zero-order valence-electron chi connectivity index (χ0n) is 9.38. The molecule has 3 nitrogen and oxygen atoms in total. The van der Waals surface area contributed by atoms with Crippen LogP contribution in [-0.4, -0.2) is 25.9 Å². The summed E-state index contributed by atoms with van der Waals surface area (Å²) in [6.45, 7) is 0.459. The van der Waals surface area contributed by atoms with Crippen molar-refractivity contribution in [1.29, 1.82) is 0 Å². The van der Waals surface area contributed by atoms with Crippen molar-refractivity contribution in [2.45, 2.75) is 12.8 Å². The quantitative estimate of drug-likeness (QED) is 0.864. The van der Waals surface area contributed by atoms with E-state index in [0.717, 1.165) is 0 Å². The van der Waals surface area contributed by atoms with Gasteiger partial charge in [0, 0.05) is 11.1 Å². The van der Waals surface area contributed by atoms with Gasteiger partial charge < -0.3 is 14.6 Å². The van der Waals surface area contributed by atoms with Crippen LogP contribution in [0, 0.1) is 6.92 Å². The maximum absolute atomic E-state index is 13.3. The van der Waals surface area contributed by atoms with E-state index in [1.807, 2.05) is 0 Å². The molecule has 0 radical (unpaired) electrons. The van der Waals surface area contributed by atoms with E-state index in [4.69, 9.17) is 14.6 Å². The van der Waals surface area contributed by atoms with Crippen LogP contribution in [0.3, 0.4) is 0 Å². The van der Waals surface area contributed by atoms with Crippen LogP contribution >= 0.6 is 0 Å². The number of ether oxygens (including phenoxy) is 2. The van der Waals surface area contributed by atoms with Crippen LogP contribution in [0.25, 0.3) is 0 Å². The lowest BCUT2D eigenvalue weighted by molar-refractivity contribution is -0.0558. The number of aliphatic hydroxyl groups is 1. The lowest BCUT2D eigenvalue weighted by atomic mass is 10.0. The van der Waals surface area contributed by atoms with Crippen LogP contribution in [0.5, 0.6) is 11.5 Å². The predicted molar refractivity (Wildman–Crippen MR) is 55.3 cm³/mol.